The van der Waals surface area contributed by atoms with Gasteiger partial charge in [0.05, 0.1) is 6.54 Å². The van der Waals surface area contributed by atoms with Crippen LogP contribution in [-0.4, -0.2) is 36.6 Å². The van der Waals surface area contributed by atoms with E-state index >= 15 is 0 Å². The van der Waals surface area contributed by atoms with E-state index in [4.69, 9.17) is 10.5 Å². The smallest absolute Gasteiger partial charge is 0.191 e. The van der Waals surface area contributed by atoms with Crippen LogP contribution in [0.4, 0.5) is 0 Å². The van der Waals surface area contributed by atoms with Crippen molar-refractivity contribution in [2.45, 2.75) is 39.7 Å². The Labute approximate surface area is 151 Å². The van der Waals surface area contributed by atoms with Gasteiger partial charge in [-0.05, 0) is 50.3 Å². The molecule has 0 spiro atoms. The second-order valence-electron chi connectivity index (χ2n) is 6.11. The first kappa shape index (κ1) is 19.1. The van der Waals surface area contributed by atoms with E-state index in [9.17, 15) is 0 Å². The quantitative estimate of drug-likeness (QED) is 0.464. The highest BCUT2D eigenvalue weighted by Gasteiger charge is 2.17. The molecule has 1 atom stereocenters. The average Bonchev–Trinajstić information content (AvgIpc) is 2.45. The normalized spacial score (nSPS) is 17.8. The molecule has 1 aliphatic rings. The number of hydrogen-bond donors (Lipinski definition) is 1. The minimum Gasteiger partial charge on any atom is -0.489 e. The van der Waals surface area contributed by atoms with E-state index in [0.717, 1.165) is 24.8 Å². The molecule has 4 nitrogen and oxygen atoms in total. The van der Waals surface area contributed by atoms with Crippen LogP contribution in [-0.2, 0) is 0 Å². The third-order valence-electron chi connectivity index (χ3n) is 3.94. The molecular weight excluding hydrogens is 389 g/mol. The van der Waals surface area contributed by atoms with Gasteiger partial charge in [0.2, 0.25) is 0 Å². The molecule has 2 N–H and O–H groups in total. The minimum atomic E-state index is 0. The van der Waals surface area contributed by atoms with E-state index in [-0.39, 0.29) is 30.1 Å². The van der Waals surface area contributed by atoms with Gasteiger partial charge in [0.15, 0.2) is 5.96 Å². The molecule has 0 aromatic heterocycles. The second kappa shape index (κ2) is 9.22. The zero-order chi connectivity index (χ0) is 15.2. The topological polar surface area (TPSA) is 50.9 Å². The Hall–Kier alpha value is -0.980. The molecule has 1 fully saturated rings. The zero-order valence-electron chi connectivity index (χ0n) is 13.8. The maximum absolute atomic E-state index is 6.08. The van der Waals surface area contributed by atoms with Gasteiger partial charge in [-0.15, -0.1) is 24.0 Å². The highest BCUT2D eigenvalue weighted by molar-refractivity contribution is 14.0. The fourth-order valence-corrected chi connectivity index (χ4v) is 2.52. The van der Waals surface area contributed by atoms with Gasteiger partial charge in [0.1, 0.15) is 11.9 Å². The van der Waals surface area contributed by atoms with Crippen LogP contribution in [0.1, 0.15) is 32.3 Å². The van der Waals surface area contributed by atoms with Crippen LogP contribution in [0.3, 0.4) is 0 Å². The molecule has 0 aliphatic carbocycles. The number of nitrogens with zero attached hydrogens (tertiary/aromatic N) is 2. The van der Waals surface area contributed by atoms with E-state index in [1.165, 1.54) is 18.4 Å². The summed E-state index contributed by atoms with van der Waals surface area (Å²) in [6.07, 6.45) is 2.42. The Morgan fingerprint density at radius 1 is 1.41 bits per heavy atom. The minimum absolute atomic E-state index is 0. The lowest BCUT2D eigenvalue weighted by atomic mass is 10.00. The maximum atomic E-state index is 6.08. The lowest BCUT2D eigenvalue weighted by molar-refractivity contribution is 0.228. The Kier molecular flexibility index (Phi) is 8.00. The largest absolute Gasteiger partial charge is 0.489 e. The molecule has 0 bridgehead atoms. The van der Waals surface area contributed by atoms with Crippen LogP contribution in [0.5, 0.6) is 5.75 Å². The van der Waals surface area contributed by atoms with Crippen molar-refractivity contribution < 1.29 is 4.74 Å². The fraction of sp³-hybridized carbons (Fsp3) is 0.588. The van der Waals surface area contributed by atoms with Gasteiger partial charge in [0, 0.05) is 13.1 Å². The van der Waals surface area contributed by atoms with Gasteiger partial charge in [-0.3, -0.25) is 0 Å². The van der Waals surface area contributed by atoms with Crippen molar-refractivity contribution in [3.8, 4) is 5.75 Å². The summed E-state index contributed by atoms with van der Waals surface area (Å²) in [5.41, 5.74) is 7.28. The zero-order valence-corrected chi connectivity index (χ0v) is 16.1. The first-order chi connectivity index (χ1) is 10.0. The summed E-state index contributed by atoms with van der Waals surface area (Å²) < 4.78 is 5.87. The SMILES string of the molecule is Cc1cccc(OC(C)CN=C(N)N2CCC(C)CC2)c1.I. The summed E-state index contributed by atoms with van der Waals surface area (Å²) in [7, 11) is 0. The van der Waals surface area contributed by atoms with Crippen molar-refractivity contribution in [1.82, 2.24) is 4.90 Å². The van der Waals surface area contributed by atoms with Crippen molar-refractivity contribution in [2.24, 2.45) is 16.6 Å². The Bertz CT molecular complexity index is 485. The molecule has 124 valence electrons. The van der Waals surface area contributed by atoms with E-state index in [2.05, 4.69) is 29.8 Å². The summed E-state index contributed by atoms with van der Waals surface area (Å²) in [6, 6.07) is 8.08. The first-order valence-electron chi connectivity index (χ1n) is 7.83. The Morgan fingerprint density at radius 3 is 2.73 bits per heavy atom. The number of aryl methyl sites for hydroxylation is 1. The first-order valence-corrected chi connectivity index (χ1v) is 7.83. The maximum Gasteiger partial charge on any atom is 0.191 e. The van der Waals surface area contributed by atoms with Crippen molar-refractivity contribution in [3.05, 3.63) is 29.8 Å². The van der Waals surface area contributed by atoms with Crippen LogP contribution in [0.25, 0.3) is 0 Å². The summed E-state index contributed by atoms with van der Waals surface area (Å²) in [4.78, 5) is 6.67. The van der Waals surface area contributed by atoms with Crippen LogP contribution in [0.15, 0.2) is 29.3 Å². The van der Waals surface area contributed by atoms with Gasteiger partial charge >= 0.3 is 0 Å². The Morgan fingerprint density at radius 2 is 2.09 bits per heavy atom. The molecule has 22 heavy (non-hydrogen) atoms. The van der Waals surface area contributed by atoms with Crippen molar-refractivity contribution >= 4 is 29.9 Å². The molecule has 1 aromatic rings. The molecule has 1 aromatic carbocycles. The summed E-state index contributed by atoms with van der Waals surface area (Å²) in [5.74, 6) is 2.35. The van der Waals surface area contributed by atoms with Crippen LogP contribution in [0, 0.1) is 12.8 Å². The Balaban J connectivity index is 0.00000242. The van der Waals surface area contributed by atoms with Crippen molar-refractivity contribution in [3.63, 3.8) is 0 Å². The lowest BCUT2D eigenvalue weighted by Crippen LogP contribution is -2.43. The number of ether oxygens (including phenoxy) is 1. The molecule has 0 radical (unpaired) electrons. The number of guanidine groups is 1. The lowest BCUT2D eigenvalue weighted by Gasteiger charge is -2.31. The predicted octanol–water partition coefficient (Wildman–Crippen LogP) is 3.43. The van der Waals surface area contributed by atoms with Crippen LogP contribution >= 0.6 is 24.0 Å². The summed E-state index contributed by atoms with van der Waals surface area (Å²) in [5, 5.41) is 0. The summed E-state index contributed by atoms with van der Waals surface area (Å²) in [6.45, 7) is 9.00. The van der Waals surface area contributed by atoms with E-state index in [1.807, 2.05) is 25.1 Å². The van der Waals surface area contributed by atoms with Crippen molar-refractivity contribution in [2.75, 3.05) is 19.6 Å². The fourth-order valence-electron chi connectivity index (χ4n) is 2.52. The van der Waals surface area contributed by atoms with Gasteiger partial charge in [-0.1, -0.05) is 19.1 Å². The molecule has 1 unspecified atom stereocenters. The van der Waals surface area contributed by atoms with Crippen LogP contribution in [0.2, 0.25) is 0 Å². The highest BCUT2D eigenvalue weighted by Crippen LogP contribution is 2.16. The van der Waals surface area contributed by atoms with E-state index < -0.39 is 0 Å². The molecular formula is C17H28IN3O. The number of hydrogen-bond acceptors (Lipinski definition) is 2. The van der Waals surface area contributed by atoms with Gasteiger partial charge in [-0.2, -0.15) is 0 Å². The van der Waals surface area contributed by atoms with Gasteiger partial charge in [-0.25, -0.2) is 4.99 Å². The molecule has 5 heteroatoms. The average molecular weight is 417 g/mol. The monoisotopic (exact) mass is 417 g/mol. The van der Waals surface area contributed by atoms with Gasteiger partial charge < -0.3 is 15.4 Å². The van der Waals surface area contributed by atoms with Crippen molar-refractivity contribution in [1.29, 1.82) is 0 Å². The number of nitrogens with two attached hydrogens (primary N) is 1. The highest BCUT2D eigenvalue weighted by atomic mass is 127. The number of aliphatic imine (C=N–C) groups is 1. The third kappa shape index (κ3) is 6.02. The van der Waals surface area contributed by atoms with E-state index in [0.29, 0.717) is 12.5 Å². The number of rotatable bonds is 4. The molecule has 0 amide bonds. The number of benzene rings is 1. The second-order valence-corrected chi connectivity index (χ2v) is 6.11. The summed E-state index contributed by atoms with van der Waals surface area (Å²) >= 11 is 0. The molecule has 1 heterocycles. The molecule has 0 saturated carbocycles. The molecule has 1 saturated heterocycles. The molecule has 1 aliphatic heterocycles. The number of piperidine rings is 1. The van der Waals surface area contributed by atoms with Crippen LogP contribution < -0.4 is 10.5 Å². The number of halogens is 1. The van der Waals surface area contributed by atoms with Gasteiger partial charge in [0.25, 0.3) is 0 Å². The molecule has 2 rings (SSSR count). The third-order valence-corrected chi connectivity index (χ3v) is 3.94. The predicted molar refractivity (Wildman–Crippen MR) is 103 cm³/mol. The standard InChI is InChI=1S/C17H27N3O.HI/c1-13-7-9-20(10-8-13)17(18)19-12-15(3)21-16-6-4-5-14(2)11-16;/h4-6,11,13,15H,7-10,12H2,1-3H3,(H2,18,19);1H. The number of likely N-dealkylation sites (tertiary alicyclic amines) is 1. The van der Waals surface area contributed by atoms with E-state index in [1.54, 1.807) is 0 Å².